The number of hydrogen-bond acceptors (Lipinski definition) is 6. The van der Waals surface area contributed by atoms with Gasteiger partial charge in [-0.15, -0.1) is 5.10 Å². The van der Waals surface area contributed by atoms with E-state index in [0.717, 1.165) is 10.8 Å². The number of fused-ring (bicyclic) bond motifs is 2. The summed E-state index contributed by atoms with van der Waals surface area (Å²) in [4.78, 5) is 12.5. The number of amides is 1. The van der Waals surface area contributed by atoms with E-state index in [9.17, 15) is 4.79 Å². The van der Waals surface area contributed by atoms with Crippen molar-refractivity contribution in [1.29, 1.82) is 0 Å². The monoisotopic (exact) mass is 373 g/mol. The molecule has 3 aromatic carbocycles. The van der Waals surface area contributed by atoms with Gasteiger partial charge >= 0.3 is 6.01 Å². The van der Waals surface area contributed by atoms with Crippen molar-refractivity contribution in [3.63, 3.8) is 0 Å². The van der Waals surface area contributed by atoms with Crippen molar-refractivity contribution in [2.24, 2.45) is 0 Å². The zero-order valence-electron chi connectivity index (χ0n) is 14.7. The van der Waals surface area contributed by atoms with Gasteiger partial charge in [0.2, 0.25) is 5.89 Å². The van der Waals surface area contributed by atoms with Crippen LogP contribution in [0.5, 0.6) is 11.5 Å². The molecule has 0 atom stereocenters. The van der Waals surface area contributed by atoms with Gasteiger partial charge in [-0.1, -0.05) is 35.4 Å². The first-order valence-electron chi connectivity index (χ1n) is 8.80. The Morgan fingerprint density at radius 2 is 1.68 bits per heavy atom. The van der Waals surface area contributed by atoms with Crippen LogP contribution in [-0.4, -0.2) is 29.3 Å². The first-order valence-corrected chi connectivity index (χ1v) is 8.80. The van der Waals surface area contributed by atoms with E-state index in [2.05, 4.69) is 15.5 Å². The van der Waals surface area contributed by atoms with Gasteiger partial charge in [0.25, 0.3) is 5.91 Å². The van der Waals surface area contributed by atoms with Crippen molar-refractivity contribution in [1.82, 2.24) is 10.2 Å². The molecule has 1 aliphatic heterocycles. The van der Waals surface area contributed by atoms with E-state index in [1.54, 1.807) is 24.3 Å². The summed E-state index contributed by atoms with van der Waals surface area (Å²) in [6.07, 6.45) is 0. The predicted molar refractivity (Wildman–Crippen MR) is 103 cm³/mol. The van der Waals surface area contributed by atoms with E-state index >= 15 is 0 Å². The molecule has 1 aromatic heterocycles. The SMILES string of the molecule is O=C(Nc1nnc(-c2ccc3c(c2)OCCO3)o1)c1ccc2ccccc2c1. The minimum atomic E-state index is -0.317. The third-order valence-electron chi connectivity index (χ3n) is 4.45. The molecule has 4 aromatic rings. The minimum absolute atomic E-state index is 0.0306. The Hall–Kier alpha value is -3.87. The van der Waals surface area contributed by atoms with E-state index in [0.29, 0.717) is 35.8 Å². The maximum atomic E-state index is 12.5. The molecular weight excluding hydrogens is 358 g/mol. The maximum absolute atomic E-state index is 12.5. The lowest BCUT2D eigenvalue weighted by Gasteiger charge is -2.18. The molecule has 1 aliphatic rings. The van der Waals surface area contributed by atoms with Gasteiger partial charge in [0.05, 0.1) is 0 Å². The standard InChI is InChI=1S/C21H15N3O4/c25-19(15-6-5-13-3-1-2-4-14(13)11-15)22-21-24-23-20(28-21)16-7-8-17-18(12-16)27-10-9-26-17/h1-8,11-12H,9-10H2,(H,22,24,25). The first kappa shape index (κ1) is 16.3. The normalized spacial score (nSPS) is 12.7. The molecule has 0 saturated carbocycles. The van der Waals surface area contributed by atoms with Crippen LogP contribution < -0.4 is 14.8 Å². The van der Waals surface area contributed by atoms with E-state index in [-0.39, 0.29) is 17.8 Å². The van der Waals surface area contributed by atoms with Crippen LogP contribution in [0.25, 0.3) is 22.2 Å². The van der Waals surface area contributed by atoms with Crippen LogP contribution in [0.3, 0.4) is 0 Å². The van der Waals surface area contributed by atoms with Crippen LogP contribution in [0.2, 0.25) is 0 Å². The molecule has 0 spiro atoms. The number of rotatable bonds is 3. The van der Waals surface area contributed by atoms with Crippen LogP contribution in [0.15, 0.2) is 65.1 Å². The van der Waals surface area contributed by atoms with Crippen molar-refractivity contribution in [2.75, 3.05) is 18.5 Å². The number of nitrogens with zero attached hydrogens (tertiary/aromatic N) is 2. The Morgan fingerprint density at radius 1 is 0.857 bits per heavy atom. The van der Waals surface area contributed by atoms with E-state index in [4.69, 9.17) is 13.9 Å². The molecule has 0 saturated heterocycles. The molecule has 1 amide bonds. The molecule has 28 heavy (non-hydrogen) atoms. The molecular formula is C21H15N3O4. The van der Waals surface area contributed by atoms with Crippen molar-refractivity contribution in [3.8, 4) is 23.0 Å². The van der Waals surface area contributed by atoms with Gasteiger partial charge in [-0.3, -0.25) is 10.1 Å². The molecule has 138 valence electrons. The minimum Gasteiger partial charge on any atom is -0.486 e. The first-order chi connectivity index (χ1) is 13.8. The summed E-state index contributed by atoms with van der Waals surface area (Å²) in [6.45, 7) is 1.02. The van der Waals surface area contributed by atoms with Crippen LogP contribution in [0.1, 0.15) is 10.4 Å². The van der Waals surface area contributed by atoms with Crippen molar-refractivity contribution >= 4 is 22.7 Å². The number of carbonyl (C=O) groups is 1. The summed E-state index contributed by atoms with van der Waals surface area (Å²) < 4.78 is 16.7. The number of anilines is 1. The summed E-state index contributed by atoms with van der Waals surface area (Å²) in [5.41, 5.74) is 1.20. The molecule has 5 rings (SSSR count). The quantitative estimate of drug-likeness (QED) is 0.586. The summed E-state index contributed by atoms with van der Waals surface area (Å²) in [5, 5.41) is 12.6. The van der Waals surface area contributed by atoms with Gasteiger partial charge in [0, 0.05) is 11.1 Å². The van der Waals surface area contributed by atoms with Gasteiger partial charge in [-0.05, 0) is 41.1 Å². The Balaban J connectivity index is 1.36. The second kappa shape index (κ2) is 6.70. The fourth-order valence-corrected chi connectivity index (χ4v) is 3.07. The molecule has 0 fully saturated rings. The number of hydrogen-bond donors (Lipinski definition) is 1. The molecule has 1 N–H and O–H groups in total. The number of carbonyl (C=O) groups excluding carboxylic acids is 1. The van der Waals surface area contributed by atoms with E-state index in [1.165, 1.54) is 0 Å². The number of aromatic nitrogens is 2. The van der Waals surface area contributed by atoms with E-state index in [1.807, 2.05) is 36.4 Å². The molecule has 0 bridgehead atoms. The zero-order valence-corrected chi connectivity index (χ0v) is 14.7. The van der Waals surface area contributed by atoms with Crippen LogP contribution >= 0.6 is 0 Å². The highest BCUT2D eigenvalue weighted by molar-refractivity contribution is 6.05. The van der Waals surface area contributed by atoms with Gasteiger partial charge in [0.1, 0.15) is 13.2 Å². The van der Waals surface area contributed by atoms with E-state index < -0.39 is 0 Å². The third kappa shape index (κ3) is 3.03. The Bertz CT molecular complexity index is 1190. The van der Waals surface area contributed by atoms with Crippen LogP contribution in [0.4, 0.5) is 6.01 Å². The summed E-state index contributed by atoms with van der Waals surface area (Å²) in [6, 6.07) is 18.7. The topological polar surface area (TPSA) is 86.5 Å². The zero-order chi connectivity index (χ0) is 18.9. The number of nitrogens with one attached hydrogen (secondary N) is 1. The second-order valence-electron chi connectivity index (χ2n) is 6.29. The maximum Gasteiger partial charge on any atom is 0.322 e. The average molecular weight is 373 g/mol. The van der Waals surface area contributed by atoms with Gasteiger partial charge in [-0.25, -0.2) is 0 Å². The second-order valence-corrected chi connectivity index (χ2v) is 6.29. The van der Waals surface area contributed by atoms with Crippen molar-refractivity contribution in [3.05, 3.63) is 66.2 Å². The fraction of sp³-hybridized carbons (Fsp3) is 0.0952. The average Bonchev–Trinajstić information content (AvgIpc) is 3.21. The number of ether oxygens (including phenoxy) is 2. The lowest BCUT2D eigenvalue weighted by Crippen LogP contribution is -2.15. The summed E-state index contributed by atoms with van der Waals surface area (Å²) >= 11 is 0. The lowest BCUT2D eigenvalue weighted by molar-refractivity contribution is 0.102. The smallest absolute Gasteiger partial charge is 0.322 e. The Labute approximate surface area is 159 Å². The van der Waals surface area contributed by atoms with Gasteiger partial charge in [-0.2, -0.15) is 0 Å². The van der Waals surface area contributed by atoms with Crippen LogP contribution in [-0.2, 0) is 0 Å². The largest absolute Gasteiger partial charge is 0.486 e. The third-order valence-corrected chi connectivity index (χ3v) is 4.45. The molecule has 7 nitrogen and oxygen atoms in total. The fourth-order valence-electron chi connectivity index (χ4n) is 3.07. The summed E-state index contributed by atoms with van der Waals surface area (Å²) in [7, 11) is 0. The lowest BCUT2D eigenvalue weighted by atomic mass is 10.1. The highest BCUT2D eigenvalue weighted by Crippen LogP contribution is 2.34. The van der Waals surface area contributed by atoms with Gasteiger partial charge in [0.15, 0.2) is 11.5 Å². The molecule has 0 radical (unpaired) electrons. The summed E-state index contributed by atoms with van der Waals surface area (Å²) in [5.74, 6) is 1.27. The van der Waals surface area contributed by atoms with Crippen LogP contribution in [0, 0.1) is 0 Å². The predicted octanol–water partition coefficient (Wildman–Crippen LogP) is 3.91. The molecule has 2 heterocycles. The molecule has 0 unspecified atom stereocenters. The Kier molecular flexibility index (Phi) is 3.90. The highest BCUT2D eigenvalue weighted by Gasteiger charge is 2.17. The van der Waals surface area contributed by atoms with Crippen molar-refractivity contribution in [2.45, 2.75) is 0 Å². The van der Waals surface area contributed by atoms with Crippen molar-refractivity contribution < 1.29 is 18.7 Å². The Morgan fingerprint density at radius 3 is 2.57 bits per heavy atom. The molecule has 0 aliphatic carbocycles. The van der Waals surface area contributed by atoms with Gasteiger partial charge < -0.3 is 13.9 Å². The highest BCUT2D eigenvalue weighted by atomic mass is 16.6. The molecule has 7 heteroatoms. The number of benzene rings is 3.